The first kappa shape index (κ1) is 16.7. The molecule has 0 spiro atoms. The molecule has 2 aromatic rings. The van der Waals surface area contributed by atoms with Gasteiger partial charge in [-0.3, -0.25) is 4.79 Å². The third-order valence-electron chi connectivity index (χ3n) is 4.36. The van der Waals surface area contributed by atoms with E-state index in [4.69, 9.17) is 5.14 Å². The quantitative estimate of drug-likeness (QED) is 0.890. The van der Waals surface area contributed by atoms with Crippen molar-refractivity contribution in [1.82, 2.24) is 4.57 Å². The highest BCUT2D eigenvalue weighted by molar-refractivity contribution is 7.89. The van der Waals surface area contributed by atoms with E-state index in [-0.39, 0.29) is 12.5 Å². The van der Waals surface area contributed by atoms with Crippen LogP contribution in [0.4, 0.5) is 5.69 Å². The Labute approximate surface area is 141 Å². The number of aromatic nitrogens is 1. The molecule has 3 rings (SSSR count). The predicted molar refractivity (Wildman–Crippen MR) is 93.1 cm³/mol. The van der Waals surface area contributed by atoms with Gasteiger partial charge in [0.25, 0.3) is 0 Å². The number of anilines is 1. The number of carbonyl (C=O) groups is 1. The smallest absolute Gasteiger partial charge is 0.227 e. The Morgan fingerprint density at radius 3 is 2.58 bits per heavy atom. The van der Waals surface area contributed by atoms with Gasteiger partial charge in [-0.15, -0.1) is 0 Å². The number of nitrogens with zero attached hydrogens (tertiary/aromatic N) is 2. The molecule has 1 aliphatic rings. The van der Waals surface area contributed by atoms with Crippen molar-refractivity contribution in [2.45, 2.75) is 31.1 Å². The Kier molecular flexibility index (Phi) is 4.73. The molecule has 6 nitrogen and oxygen atoms in total. The highest BCUT2D eigenvalue weighted by Crippen LogP contribution is 2.29. The Balaban J connectivity index is 1.73. The van der Waals surface area contributed by atoms with Gasteiger partial charge in [-0.05, 0) is 36.6 Å². The minimum atomic E-state index is -3.69. The molecule has 1 amide bonds. The fourth-order valence-corrected chi connectivity index (χ4v) is 3.85. The summed E-state index contributed by atoms with van der Waals surface area (Å²) in [7, 11) is -3.69. The second-order valence-corrected chi connectivity index (χ2v) is 7.92. The lowest BCUT2D eigenvalue weighted by Crippen LogP contribution is -2.47. The van der Waals surface area contributed by atoms with Gasteiger partial charge in [0.15, 0.2) is 0 Å². The Morgan fingerprint density at radius 2 is 1.88 bits per heavy atom. The van der Waals surface area contributed by atoms with Crippen molar-refractivity contribution < 1.29 is 13.2 Å². The number of nitrogens with two attached hydrogens (primary N) is 1. The number of benzene rings is 1. The van der Waals surface area contributed by atoms with Crippen LogP contribution in [0.25, 0.3) is 0 Å². The number of primary sulfonamides is 1. The first-order chi connectivity index (χ1) is 11.4. The van der Waals surface area contributed by atoms with Gasteiger partial charge in [-0.25, -0.2) is 13.6 Å². The maximum Gasteiger partial charge on any atom is 0.227 e. The van der Waals surface area contributed by atoms with Gasteiger partial charge in [0, 0.05) is 37.6 Å². The average molecular weight is 347 g/mol. The van der Waals surface area contributed by atoms with Gasteiger partial charge in [-0.1, -0.05) is 18.2 Å². The van der Waals surface area contributed by atoms with E-state index in [0.717, 1.165) is 17.8 Å². The number of amides is 1. The van der Waals surface area contributed by atoms with Gasteiger partial charge in [0.05, 0.1) is 5.25 Å². The molecule has 0 aliphatic carbocycles. The molecular formula is C17H21N3O3S. The van der Waals surface area contributed by atoms with Crippen LogP contribution < -0.4 is 10.0 Å². The highest BCUT2D eigenvalue weighted by atomic mass is 32.2. The van der Waals surface area contributed by atoms with Crippen molar-refractivity contribution in [1.29, 1.82) is 0 Å². The first-order valence-corrected chi connectivity index (χ1v) is 9.57. The van der Waals surface area contributed by atoms with Crippen LogP contribution in [-0.2, 0) is 27.8 Å². The molecule has 0 bridgehead atoms. The summed E-state index contributed by atoms with van der Waals surface area (Å²) in [6, 6.07) is 11.3. The number of fused-ring (bicyclic) bond motifs is 1. The summed E-state index contributed by atoms with van der Waals surface area (Å²) >= 11 is 0. The lowest BCUT2D eigenvalue weighted by molar-refractivity contribution is -0.118. The normalized spacial score (nSPS) is 17.5. The van der Waals surface area contributed by atoms with Crippen molar-refractivity contribution in [3.8, 4) is 0 Å². The van der Waals surface area contributed by atoms with Gasteiger partial charge in [0.2, 0.25) is 15.9 Å². The maximum atomic E-state index is 12.6. The summed E-state index contributed by atoms with van der Waals surface area (Å²) in [4.78, 5) is 14.2. The van der Waals surface area contributed by atoms with Crippen LogP contribution in [0.2, 0.25) is 0 Å². The molecule has 24 heavy (non-hydrogen) atoms. The highest BCUT2D eigenvalue weighted by Gasteiger charge is 2.33. The number of carbonyl (C=O) groups excluding carboxylic acids is 1. The Morgan fingerprint density at radius 1 is 1.17 bits per heavy atom. The Hall–Kier alpha value is -2.12. The zero-order valence-corrected chi connectivity index (χ0v) is 14.2. The monoisotopic (exact) mass is 347 g/mol. The van der Waals surface area contributed by atoms with Gasteiger partial charge >= 0.3 is 0 Å². The fourth-order valence-electron chi connectivity index (χ4n) is 3.08. The summed E-state index contributed by atoms with van der Waals surface area (Å²) < 4.78 is 25.6. The van der Waals surface area contributed by atoms with E-state index in [1.54, 1.807) is 4.90 Å². The zero-order valence-electron chi connectivity index (χ0n) is 13.3. The molecule has 7 heteroatoms. The summed E-state index contributed by atoms with van der Waals surface area (Å²) in [5.74, 6) is -0.0667. The summed E-state index contributed by atoms with van der Waals surface area (Å²) in [5.41, 5.74) is 1.64. The summed E-state index contributed by atoms with van der Waals surface area (Å²) in [6.07, 6.45) is 5.33. The number of aryl methyl sites for hydroxylation is 1. The molecule has 0 unspecified atom stereocenters. The summed E-state index contributed by atoms with van der Waals surface area (Å²) in [5, 5.41) is 4.58. The molecule has 0 radical (unpaired) electrons. The van der Waals surface area contributed by atoms with Crippen LogP contribution in [0.3, 0.4) is 0 Å². The van der Waals surface area contributed by atoms with Crippen LogP contribution >= 0.6 is 0 Å². The molecule has 0 fully saturated rings. The van der Waals surface area contributed by atoms with E-state index < -0.39 is 15.3 Å². The van der Waals surface area contributed by atoms with Crippen LogP contribution in [-0.4, -0.2) is 30.7 Å². The average Bonchev–Trinajstić information content (AvgIpc) is 3.06. The molecule has 128 valence electrons. The molecule has 1 aromatic heterocycles. The molecule has 1 aliphatic heterocycles. The SMILES string of the molecule is NS(=O)(=O)[C@H]1Cc2ccccc2N(C(=O)CCCn2cccc2)C1. The van der Waals surface area contributed by atoms with Gasteiger partial charge in [-0.2, -0.15) is 0 Å². The number of rotatable bonds is 5. The van der Waals surface area contributed by atoms with Crippen molar-refractivity contribution in [2.75, 3.05) is 11.4 Å². The van der Waals surface area contributed by atoms with E-state index in [1.807, 2.05) is 53.4 Å². The minimum Gasteiger partial charge on any atom is -0.354 e. The molecule has 1 atom stereocenters. The number of sulfonamides is 1. The van der Waals surface area contributed by atoms with E-state index >= 15 is 0 Å². The standard InChI is InChI=1S/C17H21N3O3S/c18-24(22,23)15-12-14-6-1-2-7-16(14)20(13-15)17(21)8-5-11-19-9-3-4-10-19/h1-4,6-7,9-10,15H,5,8,11-13H2,(H2,18,22,23)/t15-/m0/s1. The zero-order chi connectivity index (χ0) is 17.2. The largest absolute Gasteiger partial charge is 0.354 e. The van der Waals surface area contributed by atoms with Crippen molar-refractivity contribution in [3.63, 3.8) is 0 Å². The van der Waals surface area contributed by atoms with Crippen LogP contribution in [0.15, 0.2) is 48.8 Å². The van der Waals surface area contributed by atoms with Gasteiger partial charge < -0.3 is 9.47 Å². The summed E-state index contributed by atoms with van der Waals surface area (Å²) in [6.45, 7) is 0.880. The van der Waals surface area contributed by atoms with Crippen molar-refractivity contribution in [2.24, 2.45) is 5.14 Å². The minimum absolute atomic E-state index is 0.0667. The third-order valence-corrected chi connectivity index (χ3v) is 5.60. The van der Waals surface area contributed by atoms with Crippen molar-refractivity contribution >= 4 is 21.6 Å². The van der Waals surface area contributed by atoms with Crippen molar-refractivity contribution in [3.05, 3.63) is 54.4 Å². The molecular weight excluding hydrogens is 326 g/mol. The number of para-hydroxylation sites is 1. The first-order valence-electron chi connectivity index (χ1n) is 7.96. The second kappa shape index (κ2) is 6.78. The molecule has 2 N–H and O–H groups in total. The lowest BCUT2D eigenvalue weighted by atomic mass is 10.0. The van der Waals surface area contributed by atoms with Crippen LogP contribution in [0.1, 0.15) is 18.4 Å². The lowest BCUT2D eigenvalue weighted by Gasteiger charge is -2.33. The second-order valence-electron chi connectivity index (χ2n) is 6.07. The van der Waals surface area contributed by atoms with E-state index in [1.165, 1.54) is 0 Å². The molecule has 1 aromatic carbocycles. The maximum absolute atomic E-state index is 12.6. The number of hydrogen-bond donors (Lipinski definition) is 1. The third kappa shape index (κ3) is 3.68. The molecule has 0 saturated carbocycles. The van der Waals surface area contributed by atoms with E-state index in [0.29, 0.717) is 19.3 Å². The number of hydrogen-bond acceptors (Lipinski definition) is 3. The topological polar surface area (TPSA) is 85.4 Å². The van der Waals surface area contributed by atoms with Gasteiger partial charge in [0.1, 0.15) is 0 Å². The Bertz CT molecular complexity index is 815. The fraction of sp³-hybridized carbons (Fsp3) is 0.353. The predicted octanol–water partition coefficient (Wildman–Crippen LogP) is 1.51. The molecule has 0 saturated heterocycles. The van der Waals surface area contributed by atoms with Crippen LogP contribution in [0.5, 0.6) is 0 Å². The van der Waals surface area contributed by atoms with E-state index in [9.17, 15) is 13.2 Å². The van der Waals surface area contributed by atoms with E-state index in [2.05, 4.69) is 0 Å². The molecule has 2 heterocycles. The van der Waals surface area contributed by atoms with Crippen LogP contribution in [0, 0.1) is 0 Å².